The van der Waals surface area contributed by atoms with E-state index in [1.54, 1.807) is 7.11 Å². The van der Waals surface area contributed by atoms with Crippen LogP contribution >= 0.6 is 15.9 Å². The number of aliphatic hydroxyl groups excluding tert-OH is 1. The third-order valence-electron chi connectivity index (χ3n) is 4.96. The number of methoxy groups -OCH3 is 1. The van der Waals surface area contributed by atoms with Gasteiger partial charge in [-0.15, -0.1) is 0 Å². The molecule has 1 aliphatic carbocycles. The quantitative estimate of drug-likeness (QED) is 0.907. The first-order valence-electron chi connectivity index (χ1n) is 6.25. The first-order valence-corrected chi connectivity index (χ1v) is 7.04. The van der Waals surface area contributed by atoms with E-state index in [1.807, 2.05) is 18.2 Å². The number of halogens is 1. The molecule has 0 spiro atoms. The van der Waals surface area contributed by atoms with E-state index < -0.39 is 6.10 Å². The minimum absolute atomic E-state index is 0.153. The highest BCUT2D eigenvalue weighted by Crippen LogP contribution is 2.72. The average Bonchev–Trinajstić information content (AvgIpc) is 2.68. The fourth-order valence-corrected chi connectivity index (χ4v) is 3.53. The molecular formula is C15H21BrO2. The maximum Gasteiger partial charge on any atom is 0.124 e. The fraction of sp³-hybridized carbons (Fsp3) is 0.600. The largest absolute Gasteiger partial charge is 0.496 e. The summed E-state index contributed by atoms with van der Waals surface area (Å²) in [6.07, 6.45) is -0.484. The Balaban J connectivity index is 2.36. The summed E-state index contributed by atoms with van der Waals surface area (Å²) in [5.41, 5.74) is 1.18. The van der Waals surface area contributed by atoms with Crippen molar-refractivity contribution >= 4 is 15.9 Å². The summed E-state index contributed by atoms with van der Waals surface area (Å²) < 4.78 is 6.32. The Labute approximate surface area is 117 Å². The van der Waals surface area contributed by atoms with Gasteiger partial charge in [-0.25, -0.2) is 0 Å². The van der Waals surface area contributed by atoms with Gasteiger partial charge in [-0.2, -0.15) is 0 Å². The molecule has 1 unspecified atom stereocenters. The number of ether oxygens (including phenoxy) is 1. The molecule has 1 N–H and O–H groups in total. The molecule has 0 aromatic heterocycles. The van der Waals surface area contributed by atoms with Crippen molar-refractivity contribution in [3.05, 3.63) is 28.2 Å². The van der Waals surface area contributed by atoms with Crippen LogP contribution < -0.4 is 4.74 Å². The molecule has 1 aliphatic rings. The van der Waals surface area contributed by atoms with Gasteiger partial charge >= 0.3 is 0 Å². The predicted octanol–water partition coefficient (Wildman–Crippen LogP) is 4.17. The van der Waals surface area contributed by atoms with E-state index in [4.69, 9.17) is 4.74 Å². The van der Waals surface area contributed by atoms with E-state index in [1.165, 1.54) is 0 Å². The summed E-state index contributed by atoms with van der Waals surface area (Å²) in [4.78, 5) is 0. The third-order valence-corrected chi connectivity index (χ3v) is 5.45. The summed E-state index contributed by atoms with van der Waals surface area (Å²) in [6.45, 7) is 8.85. The lowest BCUT2D eigenvalue weighted by Gasteiger charge is -2.17. The minimum Gasteiger partial charge on any atom is -0.496 e. The van der Waals surface area contributed by atoms with Crippen molar-refractivity contribution in [2.45, 2.75) is 33.8 Å². The minimum atomic E-state index is -0.484. The molecule has 0 heterocycles. The van der Waals surface area contributed by atoms with Crippen LogP contribution in [0, 0.1) is 16.7 Å². The van der Waals surface area contributed by atoms with Crippen molar-refractivity contribution in [1.29, 1.82) is 0 Å². The van der Waals surface area contributed by atoms with Gasteiger partial charge in [0.1, 0.15) is 5.75 Å². The molecule has 0 saturated heterocycles. The zero-order valence-electron chi connectivity index (χ0n) is 11.6. The number of hydrogen-bond donors (Lipinski definition) is 1. The SMILES string of the molecule is COc1ccc(Br)cc1C(O)C1C(C)(C)C1(C)C. The zero-order chi connectivity index (χ0) is 13.7. The zero-order valence-corrected chi connectivity index (χ0v) is 13.2. The average molecular weight is 313 g/mol. The smallest absolute Gasteiger partial charge is 0.124 e. The molecule has 0 amide bonds. The molecule has 18 heavy (non-hydrogen) atoms. The van der Waals surface area contributed by atoms with Gasteiger partial charge in [-0.05, 0) is 29.0 Å². The van der Waals surface area contributed by atoms with Crippen molar-refractivity contribution in [2.75, 3.05) is 7.11 Å². The Morgan fingerprint density at radius 2 is 1.78 bits per heavy atom. The van der Waals surface area contributed by atoms with Crippen LogP contribution in [0.15, 0.2) is 22.7 Å². The Kier molecular flexibility index (Phi) is 3.27. The second kappa shape index (κ2) is 4.24. The van der Waals surface area contributed by atoms with Gasteiger partial charge in [0.05, 0.1) is 13.2 Å². The van der Waals surface area contributed by atoms with E-state index >= 15 is 0 Å². The highest BCUT2D eigenvalue weighted by atomic mass is 79.9. The third kappa shape index (κ3) is 1.88. The summed E-state index contributed by atoms with van der Waals surface area (Å²) in [5.74, 6) is 1.01. The summed E-state index contributed by atoms with van der Waals surface area (Å²) in [7, 11) is 1.64. The molecule has 0 bridgehead atoms. The Bertz CT molecular complexity index is 452. The fourth-order valence-electron chi connectivity index (χ4n) is 3.15. The molecule has 1 aromatic carbocycles. The van der Waals surface area contributed by atoms with Crippen molar-refractivity contribution in [1.82, 2.24) is 0 Å². The lowest BCUT2D eigenvalue weighted by Crippen LogP contribution is -2.07. The van der Waals surface area contributed by atoms with Crippen LogP contribution in [0.2, 0.25) is 0 Å². The van der Waals surface area contributed by atoms with Gasteiger partial charge in [0.15, 0.2) is 0 Å². The van der Waals surface area contributed by atoms with Gasteiger partial charge in [0.25, 0.3) is 0 Å². The second-order valence-corrected chi connectivity index (χ2v) is 7.17. The van der Waals surface area contributed by atoms with Gasteiger partial charge < -0.3 is 9.84 Å². The first kappa shape index (κ1) is 13.9. The van der Waals surface area contributed by atoms with Crippen molar-refractivity contribution in [3.8, 4) is 5.75 Å². The number of hydrogen-bond acceptors (Lipinski definition) is 2. The first-order chi connectivity index (χ1) is 8.23. The maximum absolute atomic E-state index is 10.7. The Hall–Kier alpha value is -0.540. The Morgan fingerprint density at radius 1 is 1.22 bits per heavy atom. The van der Waals surface area contributed by atoms with E-state index in [0.717, 1.165) is 15.8 Å². The summed E-state index contributed by atoms with van der Waals surface area (Å²) in [6, 6.07) is 5.78. The molecule has 2 nitrogen and oxygen atoms in total. The predicted molar refractivity (Wildman–Crippen MR) is 76.7 cm³/mol. The number of aliphatic hydroxyl groups is 1. The van der Waals surface area contributed by atoms with Gasteiger partial charge in [-0.1, -0.05) is 43.6 Å². The van der Waals surface area contributed by atoms with Crippen molar-refractivity contribution < 1.29 is 9.84 Å². The molecule has 0 radical (unpaired) electrons. The van der Waals surface area contributed by atoms with Crippen LogP contribution in [0.1, 0.15) is 39.4 Å². The van der Waals surface area contributed by atoms with Crippen LogP contribution in [0.4, 0.5) is 0 Å². The molecular weight excluding hydrogens is 292 g/mol. The molecule has 1 fully saturated rings. The second-order valence-electron chi connectivity index (χ2n) is 6.25. The van der Waals surface area contributed by atoms with Gasteiger partial charge in [0.2, 0.25) is 0 Å². The van der Waals surface area contributed by atoms with Crippen LogP contribution in [-0.2, 0) is 0 Å². The standard InChI is InChI=1S/C15H21BrO2/c1-14(2)13(15(14,3)4)12(17)10-8-9(16)6-7-11(10)18-5/h6-8,12-13,17H,1-5H3. The monoisotopic (exact) mass is 312 g/mol. The normalized spacial score (nSPS) is 22.6. The number of benzene rings is 1. The van der Waals surface area contributed by atoms with Crippen LogP contribution in [0.3, 0.4) is 0 Å². The Morgan fingerprint density at radius 3 is 2.22 bits per heavy atom. The molecule has 1 saturated carbocycles. The van der Waals surface area contributed by atoms with Crippen LogP contribution in [0.25, 0.3) is 0 Å². The van der Waals surface area contributed by atoms with Crippen LogP contribution in [-0.4, -0.2) is 12.2 Å². The lowest BCUT2D eigenvalue weighted by molar-refractivity contribution is 0.127. The van der Waals surface area contributed by atoms with E-state index in [2.05, 4.69) is 43.6 Å². The lowest BCUT2D eigenvalue weighted by atomic mass is 9.98. The van der Waals surface area contributed by atoms with Crippen molar-refractivity contribution in [2.24, 2.45) is 16.7 Å². The molecule has 100 valence electrons. The van der Waals surface area contributed by atoms with E-state index in [-0.39, 0.29) is 16.7 Å². The van der Waals surface area contributed by atoms with E-state index in [9.17, 15) is 5.11 Å². The van der Waals surface area contributed by atoms with Crippen molar-refractivity contribution in [3.63, 3.8) is 0 Å². The molecule has 1 aromatic rings. The molecule has 1 atom stereocenters. The molecule has 0 aliphatic heterocycles. The van der Waals surface area contributed by atoms with Crippen LogP contribution in [0.5, 0.6) is 5.75 Å². The van der Waals surface area contributed by atoms with Gasteiger partial charge in [-0.3, -0.25) is 0 Å². The molecule has 2 rings (SSSR count). The highest BCUT2D eigenvalue weighted by molar-refractivity contribution is 9.10. The molecule has 3 heteroatoms. The summed E-state index contributed by atoms with van der Waals surface area (Å²) in [5, 5.41) is 10.7. The topological polar surface area (TPSA) is 29.5 Å². The summed E-state index contributed by atoms with van der Waals surface area (Å²) >= 11 is 3.45. The van der Waals surface area contributed by atoms with Gasteiger partial charge in [0, 0.05) is 16.0 Å². The number of rotatable bonds is 3. The van der Waals surface area contributed by atoms with E-state index in [0.29, 0.717) is 0 Å². The highest BCUT2D eigenvalue weighted by Gasteiger charge is 2.67. The maximum atomic E-state index is 10.7.